The molecule has 1 aromatic heterocycles. The molecule has 0 aliphatic heterocycles. The van der Waals surface area contributed by atoms with E-state index in [1.807, 2.05) is 0 Å². The normalized spacial score (nSPS) is 10.3. The molecular weight excluding hydrogens is 245 g/mol. The third-order valence-electron chi connectivity index (χ3n) is 2.20. The number of nitro groups is 1. The number of halogens is 1. The van der Waals surface area contributed by atoms with Gasteiger partial charge in [-0.15, -0.1) is 0 Å². The van der Waals surface area contributed by atoms with E-state index in [2.05, 4.69) is 15.4 Å². The van der Waals surface area contributed by atoms with Gasteiger partial charge in [-0.25, -0.2) is 0 Å². The first-order valence-electron chi connectivity index (χ1n) is 4.65. The highest BCUT2D eigenvalue weighted by atomic mass is 19.1. The summed E-state index contributed by atoms with van der Waals surface area (Å²) in [6.07, 6.45) is 0. The molecular formula is C9H6FN5O3. The van der Waals surface area contributed by atoms with E-state index in [1.54, 1.807) is 0 Å². The number of hydrogen-bond donors (Lipinski definition) is 2. The monoisotopic (exact) mass is 251 g/mol. The average molecular weight is 251 g/mol. The zero-order valence-corrected chi connectivity index (χ0v) is 8.75. The molecule has 0 aliphatic carbocycles. The number of nitrogens with one attached hydrogen (secondary N) is 1. The van der Waals surface area contributed by atoms with Crippen LogP contribution in [0.1, 0.15) is 10.5 Å². The van der Waals surface area contributed by atoms with E-state index in [9.17, 15) is 19.3 Å². The quantitative estimate of drug-likeness (QED) is 0.610. The van der Waals surface area contributed by atoms with Crippen LogP contribution in [0.5, 0.6) is 0 Å². The second kappa shape index (κ2) is 4.20. The number of benzene rings is 1. The van der Waals surface area contributed by atoms with E-state index < -0.39 is 22.3 Å². The Balaban J connectivity index is 2.58. The van der Waals surface area contributed by atoms with Gasteiger partial charge < -0.3 is 5.73 Å². The van der Waals surface area contributed by atoms with Gasteiger partial charge in [-0.3, -0.25) is 14.9 Å². The maximum atomic E-state index is 13.1. The Hall–Kier alpha value is -2.84. The first kappa shape index (κ1) is 11.6. The molecule has 2 aromatic rings. The smallest absolute Gasteiger partial charge is 0.305 e. The fraction of sp³-hybridized carbons (Fsp3) is 0. The molecule has 9 heteroatoms. The van der Waals surface area contributed by atoms with Gasteiger partial charge in [0, 0.05) is 11.6 Å². The number of H-pyrrole nitrogens is 1. The molecule has 1 aromatic carbocycles. The molecule has 0 fully saturated rings. The highest BCUT2D eigenvalue weighted by Crippen LogP contribution is 2.26. The van der Waals surface area contributed by atoms with Crippen molar-refractivity contribution in [1.82, 2.24) is 15.4 Å². The lowest BCUT2D eigenvalue weighted by molar-refractivity contribution is -0.387. The van der Waals surface area contributed by atoms with Gasteiger partial charge in [-0.2, -0.15) is 19.8 Å². The Kier molecular flexibility index (Phi) is 2.72. The molecule has 0 aliphatic rings. The zero-order chi connectivity index (χ0) is 13.3. The summed E-state index contributed by atoms with van der Waals surface area (Å²) in [6, 6.07) is 3.11. The Bertz CT molecular complexity index is 639. The van der Waals surface area contributed by atoms with Crippen molar-refractivity contribution in [2.75, 3.05) is 0 Å². The number of nitro benzene ring substituents is 1. The third kappa shape index (κ3) is 1.88. The van der Waals surface area contributed by atoms with Crippen LogP contribution < -0.4 is 5.73 Å². The summed E-state index contributed by atoms with van der Waals surface area (Å²) in [5, 5.41) is 19.9. The summed E-state index contributed by atoms with van der Waals surface area (Å²) in [5.41, 5.74) is 4.37. The van der Waals surface area contributed by atoms with Gasteiger partial charge in [-0.1, -0.05) is 0 Å². The van der Waals surface area contributed by atoms with Crippen molar-refractivity contribution < 1.29 is 14.1 Å². The minimum Gasteiger partial charge on any atom is -0.364 e. The average Bonchev–Trinajstić information content (AvgIpc) is 2.78. The molecule has 2 rings (SSSR count). The van der Waals surface area contributed by atoms with E-state index in [0.717, 1.165) is 12.1 Å². The fourth-order valence-electron chi connectivity index (χ4n) is 1.40. The zero-order valence-electron chi connectivity index (χ0n) is 8.75. The SMILES string of the molecule is NC(=O)c1n[nH]nc1-c1ccc(F)c([N+](=O)[O-])c1. The minimum absolute atomic E-state index is 0.0330. The predicted octanol–water partition coefficient (Wildman–Crippen LogP) is 0.618. The van der Waals surface area contributed by atoms with Crippen LogP contribution in [-0.4, -0.2) is 26.2 Å². The van der Waals surface area contributed by atoms with E-state index in [0.29, 0.717) is 0 Å². The van der Waals surface area contributed by atoms with E-state index in [-0.39, 0.29) is 17.0 Å². The molecule has 0 radical (unpaired) electrons. The topological polar surface area (TPSA) is 128 Å². The Morgan fingerprint density at radius 3 is 2.78 bits per heavy atom. The van der Waals surface area contributed by atoms with Gasteiger partial charge in [0.1, 0.15) is 5.69 Å². The van der Waals surface area contributed by atoms with Crippen molar-refractivity contribution in [2.24, 2.45) is 5.73 Å². The number of aromatic nitrogens is 3. The fourth-order valence-corrected chi connectivity index (χ4v) is 1.40. The lowest BCUT2D eigenvalue weighted by Gasteiger charge is -1.99. The first-order valence-corrected chi connectivity index (χ1v) is 4.65. The maximum Gasteiger partial charge on any atom is 0.305 e. The number of primary amides is 1. The van der Waals surface area contributed by atoms with Gasteiger partial charge in [0.15, 0.2) is 5.69 Å². The lowest BCUT2D eigenvalue weighted by atomic mass is 10.1. The van der Waals surface area contributed by atoms with Crippen LogP contribution in [0.4, 0.5) is 10.1 Å². The van der Waals surface area contributed by atoms with Crippen LogP contribution in [0.3, 0.4) is 0 Å². The molecule has 1 heterocycles. The summed E-state index contributed by atoms with van der Waals surface area (Å²) in [4.78, 5) is 20.8. The molecule has 0 spiro atoms. The molecule has 0 bridgehead atoms. The number of nitrogens with two attached hydrogens (primary N) is 1. The van der Waals surface area contributed by atoms with Crippen molar-refractivity contribution in [3.05, 3.63) is 39.8 Å². The standard InChI is InChI=1S/C9H6FN5O3/c10-5-2-1-4(3-6(5)15(17)18)7-8(9(11)16)13-14-12-7/h1-3H,(H2,11,16)(H,12,13,14). The highest BCUT2D eigenvalue weighted by Gasteiger charge is 2.20. The van der Waals surface area contributed by atoms with E-state index >= 15 is 0 Å². The Morgan fingerprint density at radius 2 is 2.17 bits per heavy atom. The van der Waals surface area contributed by atoms with Gasteiger partial charge >= 0.3 is 5.69 Å². The van der Waals surface area contributed by atoms with Crippen LogP contribution in [0.25, 0.3) is 11.3 Å². The van der Waals surface area contributed by atoms with Crippen molar-refractivity contribution >= 4 is 11.6 Å². The van der Waals surface area contributed by atoms with Crippen LogP contribution >= 0.6 is 0 Å². The highest BCUT2D eigenvalue weighted by molar-refractivity contribution is 5.96. The third-order valence-corrected chi connectivity index (χ3v) is 2.20. The van der Waals surface area contributed by atoms with Crippen LogP contribution in [0.2, 0.25) is 0 Å². The van der Waals surface area contributed by atoms with E-state index in [4.69, 9.17) is 5.73 Å². The van der Waals surface area contributed by atoms with Crippen LogP contribution in [-0.2, 0) is 0 Å². The summed E-state index contributed by atoms with van der Waals surface area (Å²) < 4.78 is 13.1. The summed E-state index contributed by atoms with van der Waals surface area (Å²) in [7, 11) is 0. The van der Waals surface area contributed by atoms with Gasteiger partial charge in [0.05, 0.1) is 4.92 Å². The maximum absolute atomic E-state index is 13.1. The minimum atomic E-state index is -0.979. The molecule has 8 nitrogen and oxygen atoms in total. The number of carbonyl (C=O) groups is 1. The van der Waals surface area contributed by atoms with Gasteiger partial charge in [0.25, 0.3) is 5.91 Å². The molecule has 0 unspecified atom stereocenters. The number of aromatic amines is 1. The molecule has 18 heavy (non-hydrogen) atoms. The lowest BCUT2D eigenvalue weighted by Crippen LogP contribution is -2.12. The Labute approximate surface area is 98.8 Å². The second-order valence-corrected chi connectivity index (χ2v) is 3.31. The molecule has 3 N–H and O–H groups in total. The Morgan fingerprint density at radius 1 is 1.44 bits per heavy atom. The summed E-state index contributed by atoms with van der Waals surface area (Å²) in [5.74, 6) is -1.82. The number of hydrogen-bond acceptors (Lipinski definition) is 5. The van der Waals surface area contributed by atoms with Crippen molar-refractivity contribution in [2.45, 2.75) is 0 Å². The van der Waals surface area contributed by atoms with Crippen molar-refractivity contribution in [3.63, 3.8) is 0 Å². The van der Waals surface area contributed by atoms with Gasteiger partial charge in [-0.05, 0) is 12.1 Å². The molecule has 0 saturated carbocycles. The first-order chi connectivity index (χ1) is 8.50. The summed E-state index contributed by atoms with van der Waals surface area (Å²) >= 11 is 0. The number of carbonyl (C=O) groups excluding carboxylic acids is 1. The molecule has 0 atom stereocenters. The van der Waals surface area contributed by atoms with Crippen molar-refractivity contribution in [3.8, 4) is 11.3 Å². The van der Waals surface area contributed by atoms with Crippen molar-refractivity contribution in [1.29, 1.82) is 0 Å². The second-order valence-electron chi connectivity index (χ2n) is 3.31. The van der Waals surface area contributed by atoms with Gasteiger partial charge in [0.2, 0.25) is 5.82 Å². The van der Waals surface area contributed by atoms with E-state index in [1.165, 1.54) is 6.07 Å². The largest absolute Gasteiger partial charge is 0.364 e. The predicted molar refractivity (Wildman–Crippen MR) is 56.9 cm³/mol. The molecule has 0 saturated heterocycles. The summed E-state index contributed by atoms with van der Waals surface area (Å²) in [6.45, 7) is 0. The number of amides is 1. The number of nitrogens with zero attached hydrogens (tertiary/aromatic N) is 3. The number of rotatable bonds is 3. The van der Waals surface area contributed by atoms with Crippen LogP contribution in [0.15, 0.2) is 18.2 Å². The van der Waals surface area contributed by atoms with Crippen LogP contribution in [0, 0.1) is 15.9 Å². The molecule has 92 valence electrons. The molecule has 1 amide bonds.